The number of aromatic amines is 1. The van der Waals surface area contributed by atoms with Crippen molar-refractivity contribution in [3.63, 3.8) is 0 Å². The topological polar surface area (TPSA) is 98.8 Å². The third-order valence-corrected chi connectivity index (χ3v) is 5.69. The number of benzene rings is 1. The SMILES string of the molecule is CN1C[C@@H]2C[C@H]1CN2C(=O)c1n[nH]c2ccc(OCC3CC3)cc12.O=CO. The highest BCUT2D eigenvalue weighted by molar-refractivity contribution is 6.05. The van der Waals surface area contributed by atoms with Crippen LogP contribution in [0, 0.1) is 5.92 Å². The van der Waals surface area contributed by atoms with Crippen molar-refractivity contribution in [2.75, 3.05) is 26.7 Å². The van der Waals surface area contributed by atoms with E-state index in [4.69, 9.17) is 14.6 Å². The van der Waals surface area contributed by atoms with E-state index in [2.05, 4.69) is 22.1 Å². The smallest absolute Gasteiger partial charge is 0.290 e. The highest BCUT2D eigenvalue weighted by Crippen LogP contribution is 2.33. The van der Waals surface area contributed by atoms with Crippen molar-refractivity contribution in [2.24, 2.45) is 5.92 Å². The van der Waals surface area contributed by atoms with Gasteiger partial charge in [-0.1, -0.05) is 0 Å². The van der Waals surface area contributed by atoms with Crippen LogP contribution in [0.15, 0.2) is 18.2 Å². The third kappa shape index (κ3) is 3.49. The van der Waals surface area contributed by atoms with Gasteiger partial charge in [-0.15, -0.1) is 0 Å². The summed E-state index contributed by atoms with van der Waals surface area (Å²) in [5.41, 5.74) is 1.41. The van der Waals surface area contributed by atoms with Crippen molar-refractivity contribution in [1.82, 2.24) is 20.0 Å². The van der Waals surface area contributed by atoms with Crippen LogP contribution in [-0.4, -0.2) is 76.3 Å². The molecule has 0 spiro atoms. The van der Waals surface area contributed by atoms with Crippen LogP contribution in [0.5, 0.6) is 5.75 Å². The number of likely N-dealkylation sites (N-methyl/N-ethyl adjacent to an activating group) is 1. The zero-order chi connectivity index (χ0) is 19.0. The second kappa shape index (κ2) is 7.19. The number of aromatic nitrogens is 2. The first-order valence-electron chi connectivity index (χ1n) is 9.30. The molecule has 1 amide bonds. The molecular formula is C19H24N4O4. The minimum Gasteiger partial charge on any atom is -0.493 e. The zero-order valence-electron chi connectivity index (χ0n) is 15.3. The number of nitrogens with zero attached hydrogens (tertiary/aromatic N) is 3. The number of piperazine rings is 1. The van der Waals surface area contributed by atoms with Crippen molar-refractivity contribution in [3.8, 4) is 5.75 Å². The molecule has 0 radical (unpaired) electrons. The highest BCUT2D eigenvalue weighted by Gasteiger charge is 2.44. The normalized spacial score (nSPS) is 24.0. The fourth-order valence-electron chi connectivity index (χ4n) is 4.00. The maximum atomic E-state index is 13.0. The molecule has 1 aromatic carbocycles. The summed E-state index contributed by atoms with van der Waals surface area (Å²) in [6.07, 6.45) is 3.62. The maximum absolute atomic E-state index is 13.0. The number of hydrogen-bond acceptors (Lipinski definition) is 5. The molecule has 0 unspecified atom stereocenters. The number of carbonyl (C=O) groups excluding carboxylic acids is 1. The predicted molar refractivity (Wildman–Crippen MR) is 98.9 cm³/mol. The number of rotatable bonds is 4. The summed E-state index contributed by atoms with van der Waals surface area (Å²) in [5.74, 6) is 1.58. The van der Waals surface area contributed by atoms with E-state index in [-0.39, 0.29) is 12.4 Å². The fourth-order valence-corrected chi connectivity index (χ4v) is 4.00. The van der Waals surface area contributed by atoms with Gasteiger partial charge in [-0.05, 0) is 50.4 Å². The Kier molecular flexibility index (Phi) is 4.73. The second-order valence-corrected chi connectivity index (χ2v) is 7.58. The summed E-state index contributed by atoms with van der Waals surface area (Å²) in [6.45, 7) is 2.30. The molecule has 2 saturated heterocycles. The lowest BCUT2D eigenvalue weighted by Gasteiger charge is -2.31. The van der Waals surface area contributed by atoms with Crippen LogP contribution in [0.4, 0.5) is 0 Å². The van der Waals surface area contributed by atoms with Gasteiger partial charge in [-0.25, -0.2) is 0 Å². The minimum absolute atomic E-state index is 0.0428. The molecule has 5 rings (SSSR count). The largest absolute Gasteiger partial charge is 0.493 e. The van der Waals surface area contributed by atoms with Crippen molar-refractivity contribution in [1.29, 1.82) is 0 Å². The standard InChI is InChI=1S/C18H22N4O2.CH2O2/c1-21-8-13-6-12(21)9-22(13)18(23)17-15-7-14(24-10-11-2-3-11)4-5-16(15)19-20-17;2-1-3/h4-5,7,11-13H,2-3,6,8-10H2,1H3,(H,19,20);1H,(H,2,3)/t12-,13-;/m0./s1. The van der Waals surface area contributed by atoms with Gasteiger partial charge in [0, 0.05) is 30.6 Å². The van der Waals surface area contributed by atoms with Crippen molar-refractivity contribution < 1.29 is 19.4 Å². The molecule has 144 valence electrons. The van der Waals surface area contributed by atoms with E-state index in [0.717, 1.165) is 42.8 Å². The number of H-pyrrole nitrogens is 1. The number of likely N-dealkylation sites (tertiary alicyclic amines) is 2. The Morgan fingerprint density at radius 2 is 2.15 bits per heavy atom. The highest BCUT2D eigenvalue weighted by atomic mass is 16.5. The molecule has 1 saturated carbocycles. The number of hydrogen-bond donors (Lipinski definition) is 2. The lowest BCUT2D eigenvalue weighted by molar-refractivity contribution is -0.122. The van der Waals surface area contributed by atoms with Crippen LogP contribution in [0.1, 0.15) is 29.8 Å². The number of fused-ring (bicyclic) bond motifs is 3. The summed E-state index contributed by atoms with van der Waals surface area (Å²) >= 11 is 0. The monoisotopic (exact) mass is 372 g/mol. The zero-order valence-corrected chi connectivity index (χ0v) is 15.3. The quantitative estimate of drug-likeness (QED) is 0.791. The summed E-state index contributed by atoms with van der Waals surface area (Å²) < 4.78 is 5.86. The van der Waals surface area contributed by atoms with Crippen LogP contribution in [-0.2, 0) is 4.79 Å². The van der Waals surface area contributed by atoms with Crippen LogP contribution in [0.2, 0.25) is 0 Å². The molecule has 3 heterocycles. The number of carboxylic acid groups (broad SMARTS) is 1. The summed E-state index contributed by atoms with van der Waals surface area (Å²) in [7, 11) is 2.14. The molecule has 3 aliphatic rings. The number of ether oxygens (including phenoxy) is 1. The Bertz CT molecular complexity index is 845. The van der Waals surface area contributed by atoms with Gasteiger partial charge >= 0.3 is 0 Å². The van der Waals surface area contributed by atoms with E-state index >= 15 is 0 Å². The van der Waals surface area contributed by atoms with E-state index in [1.54, 1.807) is 0 Å². The Morgan fingerprint density at radius 3 is 2.78 bits per heavy atom. The maximum Gasteiger partial charge on any atom is 0.290 e. The number of carbonyl (C=O) groups is 2. The van der Waals surface area contributed by atoms with Crippen LogP contribution in [0.3, 0.4) is 0 Å². The van der Waals surface area contributed by atoms with Gasteiger partial charge in [0.25, 0.3) is 12.4 Å². The molecule has 3 fully saturated rings. The predicted octanol–water partition coefficient (Wildman–Crippen LogP) is 1.58. The Balaban J connectivity index is 0.000000565. The fraction of sp³-hybridized carbons (Fsp3) is 0.526. The van der Waals surface area contributed by atoms with E-state index in [9.17, 15) is 4.79 Å². The van der Waals surface area contributed by atoms with E-state index in [0.29, 0.717) is 23.7 Å². The number of amides is 1. The van der Waals surface area contributed by atoms with E-state index in [1.165, 1.54) is 12.8 Å². The first kappa shape index (κ1) is 17.8. The van der Waals surface area contributed by atoms with Crippen LogP contribution >= 0.6 is 0 Å². The van der Waals surface area contributed by atoms with Gasteiger partial charge in [-0.3, -0.25) is 19.6 Å². The number of nitrogens with one attached hydrogen (secondary N) is 1. The van der Waals surface area contributed by atoms with Gasteiger partial charge in [0.15, 0.2) is 5.69 Å². The summed E-state index contributed by atoms with van der Waals surface area (Å²) in [6, 6.07) is 6.68. The van der Waals surface area contributed by atoms with Gasteiger partial charge in [0.2, 0.25) is 0 Å². The summed E-state index contributed by atoms with van der Waals surface area (Å²) in [4.78, 5) is 25.7. The molecule has 2 aliphatic heterocycles. The van der Waals surface area contributed by atoms with E-state index < -0.39 is 0 Å². The average molecular weight is 372 g/mol. The molecule has 1 aromatic heterocycles. The Morgan fingerprint density at radius 1 is 1.37 bits per heavy atom. The lowest BCUT2D eigenvalue weighted by Crippen LogP contribution is -2.47. The van der Waals surface area contributed by atoms with Crippen molar-refractivity contribution >= 4 is 23.3 Å². The van der Waals surface area contributed by atoms with Gasteiger partial charge in [0.05, 0.1) is 12.1 Å². The molecular weight excluding hydrogens is 348 g/mol. The second-order valence-electron chi connectivity index (χ2n) is 7.58. The molecule has 8 nitrogen and oxygen atoms in total. The molecule has 2 atom stereocenters. The molecule has 8 heteroatoms. The first-order chi connectivity index (χ1) is 13.1. The molecule has 2 bridgehead atoms. The van der Waals surface area contributed by atoms with Crippen molar-refractivity contribution in [3.05, 3.63) is 23.9 Å². The van der Waals surface area contributed by atoms with Crippen LogP contribution < -0.4 is 4.74 Å². The summed E-state index contributed by atoms with van der Waals surface area (Å²) in [5, 5.41) is 15.0. The Labute approximate surface area is 157 Å². The lowest BCUT2D eigenvalue weighted by atomic mass is 10.1. The van der Waals surface area contributed by atoms with Crippen LogP contribution in [0.25, 0.3) is 10.9 Å². The molecule has 2 aromatic rings. The molecule has 2 N–H and O–H groups in total. The average Bonchev–Trinajstić information content (AvgIpc) is 3.09. The van der Waals surface area contributed by atoms with Gasteiger partial charge in [0.1, 0.15) is 5.75 Å². The minimum atomic E-state index is -0.250. The Hall–Kier alpha value is -2.61. The van der Waals surface area contributed by atoms with Gasteiger partial charge in [-0.2, -0.15) is 5.10 Å². The molecule has 27 heavy (non-hydrogen) atoms. The third-order valence-electron chi connectivity index (χ3n) is 5.69. The first-order valence-corrected chi connectivity index (χ1v) is 9.30. The van der Waals surface area contributed by atoms with Crippen molar-refractivity contribution in [2.45, 2.75) is 31.3 Å². The molecule has 1 aliphatic carbocycles. The van der Waals surface area contributed by atoms with E-state index in [1.807, 2.05) is 23.1 Å². The van der Waals surface area contributed by atoms with Gasteiger partial charge < -0.3 is 14.7 Å².